The molecule has 1 aliphatic rings. The number of thiazole rings is 1. The van der Waals surface area contributed by atoms with Gasteiger partial charge in [0.05, 0.1) is 18.5 Å². The van der Waals surface area contributed by atoms with Gasteiger partial charge in [-0.2, -0.15) is 0 Å². The second-order valence-electron chi connectivity index (χ2n) is 7.72. The van der Waals surface area contributed by atoms with Crippen LogP contribution in [0.4, 0.5) is 10.8 Å². The molecule has 0 aliphatic carbocycles. The molecule has 1 unspecified atom stereocenters. The first-order valence-electron chi connectivity index (χ1n) is 10.2. The zero-order chi connectivity index (χ0) is 21.1. The number of rotatable bonds is 6. The molecule has 5 nitrogen and oxygen atoms in total. The van der Waals surface area contributed by atoms with Gasteiger partial charge < -0.3 is 4.74 Å². The lowest BCUT2D eigenvalue weighted by atomic mass is 10.0. The van der Waals surface area contributed by atoms with Crippen LogP contribution in [0.3, 0.4) is 0 Å². The van der Waals surface area contributed by atoms with Crippen LogP contribution >= 0.6 is 11.3 Å². The third kappa shape index (κ3) is 4.40. The highest BCUT2D eigenvalue weighted by atomic mass is 32.1. The number of hydrogen-bond acceptors (Lipinski definition) is 5. The smallest absolute Gasteiger partial charge is 0.230 e. The Morgan fingerprint density at radius 1 is 1.27 bits per heavy atom. The molecule has 0 spiro atoms. The van der Waals surface area contributed by atoms with Crippen LogP contribution in [0, 0.1) is 6.92 Å². The van der Waals surface area contributed by atoms with E-state index in [0.29, 0.717) is 6.04 Å². The Kier molecular flexibility index (Phi) is 6.16. The fourth-order valence-corrected chi connectivity index (χ4v) is 4.92. The Hall–Kier alpha value is -2.70. The molecule has 156 valence electrons. The van der Waals surface area contributed by atoms with Gasteiger partial charge in [0.15, 0.2) is 5.13 Å². The van der Waals surface area contributed by atoms with Crippen molar-refractivity contribution in [3.63, 3.8) is 0 Å². The first kappa shape index (κ1) is 20.6. The van der Waals surface area contributed by atoms with E-state index in [4.69, 9.17) is 9.72 Å². The van der Waals surface area contributed by atoms with Crippen molar-refractivity contribution >= 4 is 28.1 Å². The van der Waals surface area contributed by atoms with Gasteiger partial charge in [-0.1, -0.05) is 29.8 Å². The summed E-state index contributed by atoms with van der Waals surface area (Å²) in [4.78, 5) is 21.3. The first-order chi connectivity index (χ1) is 14.5. The van der Waals surface area contributed by atoms with Crippen molar-refractivity contribution in [1.29, 1.82) is 0 Å². The fourth-order valence-electron chi connectivity index (χ4n) is 4.04. The lowest BCUT2D eigenvalue weighted by Crippen LogP contribution is -2.24. The first-order valence-corrected chi connectivity index (χ1v) is 11.1. The van der Waals surface area contributed by atoms with Crippen LogP contribution in [0.2, 0.25) is 0 Å². The molecule has 0 saturated carbocycles. The lowest BCUT2D eigenvalue weighted by Gasteiger charge is -2.24. The summed E-state index contributed by atoms with van der Waals surface area (Å²) in [5.41, 5.74) is 4.31. The highest BCUT2D eigenvalue weighted by Crippen LogP contribution is 2.36. The van der Waals surface area contributed by atoms with Crippen molar-refractivity contribution in [3.8, 4) is 5.75 Å². The van der Waals surface area contributed by atoms with Gasteiger partial charge in [0, 0.05) is 24.9 Å². The zero-order valence-electron chi connectivity index (χ0n) is 17.7. The number of methoxy groups -OCH3 is 1. The molecule has 1 saturated heterocycles. The summed E-state index contributed by atoms with van der Waals surface area (Å²) < 4.78 is 5.40. The van der Waals surface area contributed by atoms with Gasteiger partial charge in [0.2, 0.25) is 5.91 Å². The van der Waals surface area contributed by atoms with Crippen LogP contribution in [0.5, 0.6) is 5.75 Å². The summed E-state index contributed by atoms with van der Waals surface area (Å²) in [7, 11) is 1.71. The van der Waals surface area contributed by atoms with Crippen molar-refractivity contribution in [2.45, 2.75) is 39.3 Å². The van der Waals surface area contributed by atoms with Crippen molar-refractivity contribution < 1.29 is 9.53 Å². The number of aryl methyl sites for hydroxylation is 1. The predicted octanol–water partition coefficient (Wildman–Crippen LogP) is 5.48. The Bertz CT molecular complexity index is 1020. The van der Waals surface area contributed by atoms with Crippen LogP contribution in [0.1, 0.15) is 42.6 Å². The van der Waals surface area contributed by atoms with Crippen molar-refractivity contribution in [1.82, 2.24) is 9.88 Å². The van der Waals surface area contributed by atoms with Crippen LogP contribution in [0.15, 0.2) is 53.9 Å². The minimum atomic E-state index is -0.0322. The van der Waals surface area contributed by atoms with Gasteiger partial charge in [0.1, 0.15) is 5.75 Å². The van der Waals surface area contributed by atoms with Crippen LogP contribution in [-0.2, 0) is 11.3 Å². The molecular formula is C24H27N3O2S. The van der Waals surface area contributed by atoms with Crippen molar-refractivity contribution in [2.75, 3.05) is 18.6 Å². The molecule has 1 atom stereocenters. The monoisotopic (exact) mass is 421 g/mol. The largest absolute Gasteiger partial charge is 0.497 e. The van der Waals surface area contributed by atoms with Crippen molar-refractivity contribution in [2.24, 2.45) is 0 Å². The molecule has 0 radical (unpaired) electrons. The molecule has 2 heterocycles. The summed E-state index contributed by atoms with van der Waals surface area (Å²) in [6.07, 6.45) is 2.30. The molecule has 3 aromatic rings. The summed E-state index contributed by atoms with van der Waals surface area (Å²) in [5.74, 6) is 0.862. The standard InChI is InChI=1S/C24H27N3O2S/c1-17-9-11-21(12-10-17)27(18(2)28)24-25-20(16-30-24)15-26-13-5-8-23(26)19-6-4-7-22(14-19)29-3/h4,6-7,9-12,14,16,23H,5,8,13,15H2,1-3H3. The fraction of sp³-hybridized carbons (Fsp3) is 0.333. The summed E-state index contributed by atoms with van der Waals surface area (Å²) in [6, 6.07) is 16.7. The Morgan fingerprint density at radius 2 is 2.07 bits per heavy atom. The molecule has 30 heavy (non-hydrogen) atoms. The minimum Gasteiger partial charge on any atom is -0.497 e. The molecule has 0 N–H and O–H groups in total. The molecule has 2 aromatic carbocycles. The normalized spacial score (nSPS) is 16.6. The molecular weight excluding hydrogens is 394 g/mol. The zero-order valence-corrected chi connectivity index (χ0v) is 18.5. The molecule has 6 heteroatoms. The third-order valence-electron chi connectivity index (χ3n) is 5.55. The average molecular weight is 422 g/mol. The number of ether oxygens (including phenoxy) is 1. The summed E-state index contributed by atoms with van der Waals surface area (Å²) >= 11 is 1.52. The molecule has 1 aliphatic heterocycles. The maximum atomic E-state index is 12.4. The maximum absolute atomic E-state index is 12.4. The number of anilines is 2. The van der Waals surface area contributed by atoms with E-state index in [-0.39, 0.29) is 5.91 Å². The molecule has 1 fully saturated rings. The Balaban J connectivity index is 1.53. The quantitative estimate of drug-likeness (QED) is 0.529. The highest BCUT2D eigenvalue weighted by molar-refractivity contribution is 7.14. The average Bonchev–Trinajstić information content (AvgIpc) is 3.39. The summed E-state index contributed by atoms with van der Waals surface area (Å²) in [6.45, 7) is 5.44. The van der Waals surface area contributed by atoms with Crippen LogP contribution in [-0.4, -0.2) is 29.4 Å². The molecule has 0 bridgehead atoms. The van der Waals surface area contributed by atoms with E-state index in [1.165, 1.54) is 28.9 Å². The third-order valence-corrected chi connectivity index (χ3v) is 6.42. The SMILES string of the molecule is COc1cccc(C2CCCN2Cc2csc(N(C(C)=O)c3ccc(C)cc3)n2)c1. The van der Waals surface area contributed by atoms with E-state index in [9.17, 15) is 4.79 Å². The van der Waals surface area contributed by atoms with Gasteiger partial charge in [-0.3, -0.25) is 14.6 Å². The maximum Gasteiger partial charge on any atom is 0.230 e. The van der Waals surface area contributed by atoms with Gasteiger partial charge in [0.25, 0.3) is 0 Å². The number of hydrogen-bond donors (Lipinski definition) is 0. The van der Waals surface area contributed by atoms with Gasteiger partial charge in [-0.15, -0.1) is 11.3 Å². The predicted molar refractivity (Wildman–Crippen MR) is 121 cm³/mol. The number of benzene rings is 2. The Morgan fingerprint density at radius 3 is 2.80 bits per heavy atom. The van der Waals surface area contributed by atoms with Gasteiger partial charge in [-0.25, -0.2) is 4.98 Å². The Labute approximate surface area is 181 Å². The topological polar surface area (TPSA) is 45.7 Å². The number of aromatic nitrogens is 1. The van der Waals surface area contributed by atoms with Crippen LogP contribution in [0.25, 0.3) is 0 Å². The second-order valence-corrected chi connectivity index (χ2v) is 8.55. The second kappa shape index (κ2) is 8.98. The number of nitrogens with zero attached hydrogens (tertiary/aromatic N) is 3. The van der Waals surface area contributed by atoms with E-state index in [1.54, 1.807) is 18.9 Å². The number of carbonyl (C=O) groups excluding carboxylic acids is 1. The number of likely N-dealkylation sites (tertiary alicyclic amines) is 1. The summed E-state index contributed by atoms with van der Waals surface area (Å²) in [5, 5.41) is 2.79. The highest BCUT2D eigenvalue weighted by Gasteiger charge is 2.27. The number of carbonyl (C=O) groups is 1. The van der Waals surface area contributed by atoms with Crippen molar-refractivity contribution in [3.05, 3.63) is 70.7 Å². The number of amides is 1. The van der Waals surface area contributed by atoms with E-state index in [2.05, 4.69) is 28.5 Å². The van der Waals surface area contributed by atoms with Gasteiger partial charge in [-0.05, 0) is 56.1 Å². The molecule has 1 aromatic heterocycles. The van der Waals surface area contributed by atoms with E-state index in [1.807, 2.05) is 37.3 Å². The molecule has 1 amide bonds. The van der Waals surface area contributed by atoms with Gasteiger partial charge >= 0.3 is 0 Å². The lowest BCUT2D eigenvalue weighted by molar-refractivity contribution is -0.115. The van der Waals surface area contributed by atoms with E-state index in [0.717, 1.165) is 41.8 Å². The minimum absolute atomic E-state index is 0.0322. The van der Waals surface area contributed by atoms with E-state index < -0.39 is 0 Å². The van der Waals surface area contributed by atoms with E-state index >= 15 is 0 Å². The molecule has 4 rings (SSSR count). The van der Waals surface area contributed by atoms with Crippen LogP contribution < -0.4 is 9.64 Å².